The summed E-state index contributed by atoms with van der Waals surface area (Å²) in [5, 5.41) is 12.6. The molecule has 2 aromatic rings. The first kappa shape index (κ1) is 15.4. The lowest BCUT2D eigenvalue weighted by molar-refractivity contribution is -0.118. The van der Waals surface area contributed by atoms with Crippen molar-refractivity contribution in [2.24, 2.45) is 0 Å². The maximum Gasteiger partial charge on any atom is 0.262 e. The molecule has 0 spiro atoms. The number of benzene rings is 2. The fourth-order valence-corrected chi connectivity index (χ4v) is 2.04. The molecule has 0 radical (unpaired) electrons. The molecule has 0 bridgehead atoms. The quantitative estimate of drug-likeness (QED) is 0.892. The van der Waals surface area contributed by atoms with Crippen molar-refractivity contribution in [1.82, 2.24) is 0 Å². The SMILES string of the molecule is Cc1cccc(CO)c1OCC(=O)Nc1ccc(Cl)cc1. The van der Waals surface area contributed by atoms with E-state index in [9.17, 15) is 9.90 Å². The minimum atomic E-state index is -0.274. The van der Waals surface area contributed by atoms with Gasteiger partial charge in [0.15, 0.2) is 6.61 Å². The van der Waals surface area contributed by atoms with Crippen molar-refractivity contribution in [2.45, 2.75) is 13.5 Å². The lowest BCUT2D eigenvalue weighted by atomic mass is 10.1. The number of para-hydroxylation sites is 1. The Kier molecular flexibility index (Phi) is 5.20. The third-order valence-electron chi connectivity index (χ3n) is 2.94. The lowest BCUT2D eigenvalue weighted by Gasteiger charge is -2.13. The Hall–Kier alpha value is -2.04. The number of amides is 1. The Morgan fingerprint density at radius 2 is 1.95 bits per heavy atom. The molecule has 2 rings (SSSR count). The molecule has 0 heterocycles. The van der Waals surface area contributed by atoms with Crippen LogP contribution in [0.4, 0.5) is 5.69 Å². The Morgan fingerprint density at radius 1 is 1.24 bits per heavy atom. The highest BCUT2D eigenvalue weighted by Gasteiger charge is 2.09. The van der Waals surface area contributed by atoms with E-state index in [1.807, 2.05) is 19.1 Å². The maximum absolute atomic E-state index is 11.9. The minimum absolute atomic E-state index is 0.125. The third kappa shape index (κ3) is 4.21. The molecule has 4 nitrogen and oxygen atoms in total. The summed E-state index contributed by atoms with van der Waals surface area (Å²) < 4.78 is 5.52. The first-order chi connectivity index (χ1) is 10.1. The zero-order chi connectivity index (χ0) is 15.2. The fraction of sp³-hybridized carbons (Fsp3) is 0.188. The second-order valence-corrected chi connectivity index (χ2v) is 5.00. The summed E-state index contributed by atoms with van der Waals surface area (Å²) in [6.07, 6.45) is 0. The van der Waals surface area contributed by atoms with E-state index in [1.54, 1.807) is 30.3 Å². The average Bonchev–Trinajstić information content (AvgIpc) is 2.48. The molecule has 21 heavy (non-hydrogen) atoms. The number of ether oxygens (including phenoxy) is 1. The van der Waals surface area contributed by atoms with Crippen LogP contribution in [0.15, 0.2) is 42.5 Å². The molecule has 0 aliphatic carbocycles. The van der Waals surface area contributed by atoms with Gasteiger partial charge in [-0.1, -0.05) is 29.8 Å². The Morgan fingerprint density at radius 3 is 2.62 bits per heavy atom. The molecule has 5 heteroatoms. The van der Waals surface area contributed by atoms with Crippen molar-refractivity contribution < 1.29 is 14.6 Å². The normalized spacial score (nSPS) is 10.2. The zero-order valence-corrected chi connectivity index (χ0v) is 12.4. The number of anilines is 1. The van der Waals surface area contributed by atoms with Gasteiger partial charge >= 0.3 is 0 Å². The number of halogens is 1. The van der Waals surface area contributed by atoms with E-state index in [1.165, 1.54) is 0 Å². The molecule has 0 saturated carbocycles. The number of carbonyl (C=O) groups is 1. The predicted octanol–water partition coefficient (Wildman–Crippen LogP) is 3.16. The van der Waals surface area contributed by atoms with Crippen LogP contribution >= 0.6 is 11.6 Å². The molecule has 110 valence electrons. The number of aliphatic hydroxyl groups excluding tert-OH is 1. The second-order valence-electron chi connectivity index (χ2n) is 4.57. The fourth-order valence-electron chi connectivity index (χ4n) is 1.91. The van der Waals surface area contributed by atoms with E-state index in [0.29, 0.717) is 22.0 Å². The van der Waals surface area contributed by atoms with Crippen molar-refractivity contribution in [3.05, 3.63) is 58.6 Å². The number of carbonyl (C=O) groups excluding carboxylic acids is 1. The largest absolute Gasteiger partial charge is 0.483 e. The highest BCUT2D eigenvalue weighted by molar-refractivity contribution is 6.30. The molecular formula is C16H16ClNO3. The van der Waals surface area contributed by atoms with Gasteiger partial charge in [0.1, 0.15) is 5.75 Å². The summed E-state index contributed by atoms with van der Waals surface area (Å²) >= 11 is 5.78. The number of aryl methyl sites for hydroxylation is 1. The predicted molar refractivity (Wildman–Crippen MR) is 82.7 cm³/mol. The highest BCUT2D eigenvalue weighted by Crippen LogP contribution is 2.23. The van der Waals surface area contributed by atoms with Crippen LogP contribution in [0, 0.1) is 6.92 Å². The van der Waals surface area contributed by atoms with Crippen LogP contribution in [0.25, 0.3) is 0 Å². The van der Waals surface area contributed by atoms with Crippen LogP contribution in [0.2, 0.25) is 5.02 Å². The molecule has 0 unspecified atom stereocenters. The maximum atomic E-state index is 11.9. The molecule has 0 saturated heterocycles. The monoisotopic (exact) mass is 305 g/mol. The van der Waals surface area contributed by atoms with Crippen molar-refractivity contribution in [1.29, 1.82) is 0 Å². The van der Waals surface area contributed by atoms with Crippen molar-refractivity contribution >= 4 is 23.2 Å². The van der Waals surface area contributed by atoms with Crippen LogP contribution in [0.3, 0.4) is 0 Å². The third-order valence-corrected chi connectivity index (χ3v) is 3.19. The lowest BCUT2D eigenvalue weighted by Crippen LogP contribution is -2.20. The number of hydrogen-bond acceptors (Lipinski definition) is 3. The standard InChI is InChI=1S/C16H16ClNO3/c1-11-3-2-4-12(9-19)16(11)21-10-15(20)18-14-7-5-13(17)6-8-14/h2-8,19H,9-10H2,1H3,(H,18,20). The van der Waals surface area contributed by atoms with Gasteiger partial charge in [-0.15, -0.1) is 0 Å². The Bertz CT molecular complexity index is 626. The number of aliphatic hydroxyl groups is 1. The zero-order valence-electron chi connectivity index (χ0n) is 11.6. The van der Waals surface area contributed by atoms with Crippen LogP contribution in [0.5, 0.6) is 5.75 Å². The topological polar surface area (TPSA) is 58.6 Å². The Labute approximate surface area is 128 Å². The van der Waals surface area contributed by atoms with Crippen molar-refractivity contribution in [3.8, 4) is 5.75 Å². The van der Waals surface area contributed by atoms with Gasteiger partial charge in [0, 0.05) is 16.3 Å². The Balaban J connectivity index is 1.97. The molecular weight excluding hydrogens is 290 g/mol. The molecule has 0 aliphatic rings. The van der Waals surface area contributed by atoms with Crippen molar-refractivity contribution in [2.75, 3.05) is 11.9 Å². The molecule has 0 fully saturated rings. The van der Waals surface area contributed by atoms with Gasteiger partial charge in [-0.3, -0.25) is 4.79 Å². The van der Waals surface area contributed by atoms with Crippen LogP contribution in [-0.2, 0) is 11.4 Å². The minimum Gasteiger partial charge on any atom is -0.483 e. The van der Waals surface area contributed by atoms with E-state index < -0.39 is 0 Å². The smallest absolute Gasteiger partial charge is 0.262 e. The highest BCUT2D eigenvalue weighted by atomic mass is 35.5. The molecule has 0 aliphatic heterocycles. The summed E-state index contributed by atoms with van der Waals surface area (Å²) in [4.78, 5) is 11.9. The second kappa shape index (κ2) is 7.11. The van der Waals surface area contributed by atoms with Crippen molar-refractivity contribution in [3.63, 3.8) is 0 Å². The van der Waals surface area contributed by atoms with Gasteiger partial charge in [-0.2, -0.15) is 0 Å². The van der Waals surface area contributed by atoms with Crippen LogP contribution in [0.1, 0.15) is 11.1 Å². The van der Waals surface area contributed by atoms with Gasteiger partial charge in [0.2, 0.25) is 0 Å². The summed E-state index contributed by atoms with van der Waals surface area (Å²) in [7, 11) is 0. The van der Waals surface area contributed by atoms with Crippen LogP contribution < -0.4 is 10.1 Å². The molecule has 1 amide bonds. The van der Waals surface area contributed by atoms with Gasteiger partial charge in [-0.25, -0.2) is 0 Å². The van der Waals surface area contributed by atoms with Gasteiger partial charge in [0.05, 0.1) is 6.61 Å². The number of nitrogens with one attached hydrogen (secondary N) is 1. The first-order valence-electron chi connectivity index (χ1n) is 6.47. The summed E-state index contributed by atoms with van der Waals surface area (Å²) in [5.74, 6) is 0.274. The molecule has 0 atom stereocenters. The molecule has 2 aromatic carbocycles. The number of rotatable bonds is 5. The molecule has 2 N–H and O–H groups in total. The van der Waals surface area contributed by atoms with E-state index in [2.05, 4.69) is 5.32 Å². The molecule has 0 aromatic heterocycles. The summed E-state index contributed by atoms with van der Waals surface area (Å²) in [6, 6.07) is 12.3. The van der Waals surface area contributed by atoms with Gasteiger partial charge in [-0.05, 0) is 36.8 Å². The van der Waals surface area contributed by atoms with Crippen LogP contribution in [-0.4, -0.2) is 17.6 Å². The summed E-state index contributed by atoms with van der Waals surface area (Å²) in [5.41, 5.74) is 2.19. The summed E-state index contributed by atoms with van der Waals surface area (Å²) in [6.45, 7) is 1.61. The first-order valence-corrected chi connectivity index (χ1v) is 6.85. The van der Waals surface area contributed by atoms with E-state index in [4.69, 9.17) is 16.3 Å². The van der Waals surface area contributed by atoms with Gasteiger partial charge < -0.3 is 15.2 Å². The van der Waals surface area contributed by atoms with E-state index >= 15 is 0 Å². The van der Waals surface area contributed by atoms with E-state index in [0.717, 1.165) is 5.56 Å². The number of hydrogen-bond donors (Lipinski definition) is 2. The van der Waals surface area contributed by atoms with E-state index in [-0.39, 0.29) is 19.1 Å². The van der Waals surface area contributed by atoms with Gasteiger partial charge in [0.25, 0.3) is 5.91 Å². The average molecular weight is 306 g/mol.